The Kier molecular flexibility index (Phi) is 2.14. The first-order chi connectivity index (χ1) is 4.61. The number of hydrogen-bond acceptors (Lipinski definition) is 3. The standard InChI is InChI=1S/C7H10O2S/c1-4-2-6(9)7(10)3-5(4)8/h4,7,10H,2-3H2,1H3. The molecule has 0 bridgehead atoms. The first kappa shape index (κ1) is 7.79. The minimum Gasteiger partial charge on any atom is -0.299 e. The third-order valence-electron chi connectivity index (χ3n) is 1.82. The summed E-state index contributed by atoms with van der Waals surface area (Å²) >= 11 is 3.99. The van der Waals surface area contributed by atoms with Crippen molar-refractivity contribution in [1.82, 2.24) is 0 Å². The number of ketones is 2. The van der Waals surface area contributed by atoms with Crippen LogP contribution < -0.4 is 0 Å². The Morgan fingerprint density at radius 2 is 1.90 bits per heavy atom. The highest BCUT2D eigenvalue weighted by molar-refractivity contribution is 7.81. The molecule has 0 amide bonds. The van der Waals surface area contributed by atoms with E-state index in [9.17, 15) is 9.59 Å². The summed E-state index contributed by atoms with van der Waals surface area (Å²) < 4.78 is 0. The maximum atomic E-state index is 10.9. The molecular weight excluding hydrogens is 148 g/mol. The zero-order valence-corrected chi connectivity index (χ0v) is 6.73. The van der Waals surface area contributed by atoms with Gasteiger partial charge in [0.2, 0.25) is 0 Å². The fourth-order valence-corrected chi connectivity index (χ4v) is 1.34. The molecule has 0 saturated heterocycles. The molecule has 2 nitrogen and oxygen atoms in total. The van der Waals surface area contributed by atoms with E-state index in [4.69, 9.17) is 0 Å². The van der Waals surface area contributed by atoms with E-state index in [-0.39, 0.29) is 22.7 Å². The summed E-state index contributed by atoms with van der Waals surface area (Å²) in [4.78, 5) is 21.9. The summed E-state index contributed by atoms with van der Waals surface area (Å²) in [6.07, 6.45) is 0.704. The first-order valence-electron chi connectivity index (χ1n) is 3.34. The molecule has 0 aromatic heterocycles. The number of thiol groups is 1. The Hall–Kier alpha value is -0.310. The summed E-state index contributed by atoms with van der Waals surface area (Å²) in [6, 6.07) is 0. The molecule has 1 saturated carbocycles. The highest BCUT2D eigenvalue weighted by atomic mass is 32.1. The van der Waals surface area contributed by atoms with Crippen molar-refractivity contribution in [2.24, 2.45) is 5.92 Å². The van der Waals surface area contributed by atoms with Crippen molar-refractivity contribution in [3.63, 3.8) is 0 Å². The van der Waals surface area contributed by atoms with Crippen molar-refractivity contribution in [2.45, 2.75) is 25.0 Å². The number of carbonyl (C=O) groups is 2. The number of Topliss-reactive ketones (excluding diaryl/α,β-unsaturated/α-hetero) is 2. The maximum absolute atomic E-state index is 10.9. The fraction of sp³-hybridized carbons (Fsp3) is 0.714. The van der Waals surface area contributed by atoms with Gasteiger partial charge in [0.25, 0.3) is 0 Å². The smallest absolute Gasteiger partial charge is 0.146 e. The Bertz CT molecular complexity index is 156. The van der Waals surface area contributed by atoms with Crippen LogP contribution in [0.15, 0.2) is 0 Å². The van der Waals surface area contributed by atoms with E-state index in [1.54, 1.807) is 6.92 Å². The van der Waals surface area contributed by atoms with E-state index in [0.29, 0.717) is 12.8 Å². The predicted molar refractivity (Wildman–Crippen MR) is 41.2 cm³/mol. The molecule has 0 aromatic carbocycles. The Morgan fingerprint density at radius 3 is 2.40 bits per heavy atom. The van der Waals surface area contributed by atoms with Gasteiger partial charge in [-0.05, 0) is 0 Å². The summed E-state index contributed by atoms with van der Waals surface area (Å²) in [6.45, 7) is 1.79. The van der Waals surface area contributed by atoms with Crippen LogP contribution in [0.25, 0.3) is 0 Å². The highest BCUT2D eigenvalue weighted by Crippen LogP contribution is 2.20. The van der Waals surface area contributed by atoms with Gasteiger partial charge in [-0.1, -0.05) is 6.92 Å². The van der Waals surface area contributed by atoms with Crippen LogP contribution in [0.1, 0.15) is 19.8 Å². The molecule has 0 spiro atoms. The molecule has 0 aromatic rings. The molecule has 0 heterocycles. The second kappa shape index (κ2) is 2.74. The van der Waals surface area contributed by atoms with Gasteiger partial charge in [0.15, 0.2) is 0 Å². The van der Waals surface area contributed by atoms with Gasteiger partial charge in [0.05, 0.1) is 5.25 Å². The second-order valence-electron chi connectivity index (χ2n) is 2.76. The van der Waals surface area contributed by atoms with Crippen LogP contribution in [0, 0.1) is 5.92 Å². The average Bonchev–Trinajstić information content (AvgIpc) is 1.84. The molecule has 3 heteroatoms. The molecular formula is C7H10O2S. The van der Waals surface area contributed by atoms with Gasteiger partial charge in [-0.15, -0.1) is 0 Å². The third kappa shape index (κ3) is 1.40. The molecule has 1 fully saturated rings. The van der Waals surface area contributed by atoms with Crippen LogP contribution in [-0.4, -0.2) is 16.8 Å². The van der Waals surface area contributed by atoms with Gasteiger partial charge < -0.3 is 0 Å². The van der Waals surface area contributed by atoms with Gasteiger partial charge >= 0.3 is 0 Å². The first-order valence-corrected chi connectivity index (χ1v) is 3.86. The molecule has 1 aliphatic carbocycles. The Balaban J connectivity index is 2.63. The van der Waals surface area contributed by atoms with E-state index in [2.05, 4.69) is 12.6 Å². The lowest BCUT2D eigenvalue weighted by Gasteiger charge is -2.19. The largest absolute Gasteiger partial charge is 0.299 e. The van der Waals surface area contributed by atoms with E-state index in [1.807, 2.05) is 0 Å². The fourth-order valence-electron chi connectivity index (χ4n) is 1.06. The predicted octanol–water partition coefficient (Wildman–Crippen LogP) is 0.853. The highest BCUT2D eigenvalue weighted by Gasteiger charge is 2.29. The lowest BCUT2D eigenvalue weighted by atomic mass is 9.88. The molecule has 1 aliphatic rings. The maximum Gasteiger partial charge on any atom is 0.146 e. The lowest BCUT2D eigenvalue weighted by molar-refractivity contribution is -0.131. The van der Waals surface area contributed by atoms with Crippen molar-refractivity contribution in [3.8, 4) is 0 Å². The van der Waals surface area contributed by atoms with Crippen molar-refractivity contribution < 1.29 is 9.59 Å². The molecule has 1 rings (SSSR count). The van der Waals surface area contributed by atoms with Gasteiger partial charge in [0, 0.05) is 18.8 Å². The normalized spacial score (nSPS) is 34.6. The van der Waals surface area contributed by atoms with Crippen LogP contribution in [-0.2, 0) is 9.59 Å². The van der Waals surface area contributed by atoms with Crippen molar-refractivity contribution in [2.75, 3.05) is 0 Å². The van der Waals surface area contributed by atoms with Crippen molar-refractivity contribution in [3.05, 3.63) is 0 Å². The summed E-state index contributed by atoms with van der Waals surface area (Å²) in [5, 5.41) is -0.330. The van der Waals surface area contributed by atoms with Gasteiger partial charge in [0.1, 0.15) is 11.6 Å². The SMILES string of the molecule is CC1CC(=O)C(S)CC1=O. The average molecular weight is 158 g/mol. The minimum absolute atomic E-state index is 0.0732. The molecule has 0 N–H and O–H groups in total. The summed E-state index contributed by atoms with van der Waals surface area (Å²) in [5.41, 5.74) is 0. The summed E-state index contributed by atoms with van der Waals surface area (Å²) in [5.74, 6) is 0.200. The van der Waals surface area contributed by atoms with Crippen LogP contribution in [0.2, 0.25) is 0 Å². The Morgan fingerprint density at radius 1 is 1.30 bits per heavy atom. The quantitative estimate of drug-likeness (QED) is 0.530. The van der Waals surface area contributed by atoms with Gasteiger partial charge in [-0.3, -0.25) is 9.59 Å². The molecule has 2 atom stereocenters. The minimum atomic E-state index is -0.330. The van der Waals surface area contributed by atoms with Crippen molar-refractivity contribution >= 4 is 24.2 Å². The Labute approximate surface area is 65.4 Å². The number of carbonyl (C=O) groups excluding carboxylic acids is 2. The number of hydrogen-bond donors (Lipinski definition) is 1. The van der Waals surface area contributed by atoms with E-state index >= 15 is 0 Å². The molecule has 10 heavy (non-hydrogen) atoms. The third-order valence-corrected chi connectivity index (χ3v) is 2.29. The van der Waals surface area contributed by atoms with Crippen LogP contribution in [0.3, 0.4) is 0 Å². The van der Waals surface area contributed by atoms with Crippen molar-refractivity contribution in [1.29, 1.82) is 0 Å². The number of rotatable bonds is 0. The van der Waals surface area contributed by atoms with E-state index in [0.717, 1.165) is 0 Å². The zero-order valence-electron chi connectivity index (χ0n) is 5.83. The molecule has 0 radical (unpaired) electrons. The summed E-state index contributed by atoms with van der Waals surface area (Å²) in [7, 11) is 0. The monoisotopic (exact) mass is 158 g/mol. The van der Waals surface area contributed by atoms with Gasteiger partial charge in [-0.25, -0.2) is 0 Å². The van der Waals surface area contributed by atoms with E-state index in [1.165, 1.54) is 0 Å². The van der Waals surface area contributed by atoms with Crippen LogP contribution in [0.5, 0.6) is 0 Å². The molecule has 56 valence electrons. The van der Waals surface area contributed by atoms with Crippen LogP contribution in [0.4, 0.5) is 0 Å². The van der Waals surface area contributed by atoms with E-state index < -0.39 is 0 Å². The second-order valence-corrected chi connectivity index (χ2v) is 3.38. The van der Waals surface area contributed by atoms with Crippen LogP contribution >= 0.6 is 12.6 Å². The molecule has 2 unspecified atom stereocenters. The molecule has 0 aliphatic heterocycles. The zero-order chi connectivity index (χ0) is 7.72. The lowest BCUT2D eigenvalue weighted by Crippen LogP contribution is -2.31. The van der Waals surface area contributed by atoms with Gasteiger partial charge in [-0.2, -0.15) is 12.6 Å². The topological polar surface area (TPSA) is 34.1 Å².